The number of rotatable bonds is 8. The summed E-state index contributed by atoms with van der Waals surface area (Å²) < 4.78 is 0. The maximum absolute atomic E-state index is 2.33. The molecule has 118 valence electrons. The van der Waals surface area contributed by atoms with Gasteiger partial charge in [-0.15, -0.1) is 0 Å². The highest BCUT2D eigenvalue weighted by Gasteiger charge is 2.26. The minimum absolute atomic E-state index is 1.09. The highest BCUT2D eigenvalue weighted by Crippen LogP contribution is 2.39. The van der Waals surface area contributed by atoms with Crippen LogP contribution in [0.2, 0.25) is 0 Å². The fourth-order valence-electron chi connectivity index (χ4n) is 4.84. The van der Waals surface area contributed by atoms with Gasteiger partial charge in [-0.3, -0.25) is 0 Å². The van der Waals surface area contributed by atoms with E-state index < -0.39 is 0 Å². The monoisotopic (exact) mass is 278 g/mol. The van der Waals surface area contributed by atoms with Gasteiger partial charge in [-0.25, -0.2) is 0 Å². The normalized spacial score (nSPS) is 23.9. The molecule has 0 aliphatic heterocycles. The standard InChI is InChI=1S/C20H38/c1-2-3-4-9-16-20(19-14-10-6-11-15-19)17-18-12-7-5-8-13-18/h18-20H,2-17H2,1H3. The summed E-state index contributed by atoms with van der Waals surface area (Å²) in [6, 6.07) is 0. The molecule has 0 spiro atoms. The molecular formula is C20H38. The van der Waals surface area contributed by atoms with Crippen LogP contribution in [0.15, 0.2) is 0 Å². The van der Waals surface area contributed by atoms with Crippen molar-refractivity contribution < 1.29 is 0 Å². The Kier molecular flexibility index (Phi) is 8.06. The van der Waals surface area contributed by atoms with Crippen LogP contribution in [0.3, 0.4) is 0 Å². The zero-order chi connectivity index (χ0) is 14.0. The summed E-state index contributed by atoms with van der Waals surface area (Å²) in [6.07, 6.45) is 24.4. The molecular weight excluding hydrogens is 240 g/mol. The molecule has 0 nitrogen and oxygen atoms in total. The SMILES string of the molecule is CCCCCCC(CC1CCCCC1)C1CCCCC1. The third-order valence-electron chi connectivity index (χ3n) is 6.11. The molecule has 0 radical (unpaired) electrons. The van der Waals surface area contributed by atoms with Gasteiger partial charge < -0.3 is 0 Å². The van der Waals surface area contributed by atoms with Crippen LogP contribution >= 0.6 is 0 Å². The number of hydrogen-bond donors (Lipinski definition) is 0. The Bertz CT molecular complexity index is 220. The summed E-state index contributed by atoms with van der Waals surface area (Å²) in [5.41, 5.74) is 0. The minimum Gasteiger partial charge on any atom is -0.0654 e. The van der Waals surface area contributed by atoms with E-state index in [1.54, 1.807) is 38.5 Å². The molecule has 2 saturated carbocycles. The second-order valence-electron chi connectivity index (χ2n) is 7.75. The second kappa shape index (κ2) is 9.85. The molecule has 20 heavy (non-hydrogen) atoms. The van der Waals surface area contributed by atoms with E-state index >= 15 is 0 Å². The van der Waals surface area contributed by atoms with Gasteiger partial charge in [-0.1, -0.05) is 103 Å². The summed E-state index contributed by atoms with van der Waals surface area (Å²) in [6.45, 7) is 2.33. The zero-order valence-electron chi connectivity index (χ0n) is 14.0. The van der Waals surface area contributed by atoms with Crippen molar-refractivity contribution >= 4 is 0 Å². The zero-order valence-corrected chi connectivity index (χ0v) is 14.0. The first-order valence-corrected chi connectivity index (χ1v) is 9.90. The summed E-state index contributed by atoms with van der Waals surface area (Å²) in [5.74, 6) is 3.30. The molecule has 1 unspecified atom stereocenters. The predicted molar refractivity (Wildman–Crippen MR) is 90.0 cm³/mol. The number of unbranched alkanes of at least 4 members (excludes halogenated alkanes) is 3. The fourth-order valence-corrected chi connectivity index (χ4v) is 4.84. The van der Waals surface area contributed by atoms with Crippen LogP contribution in [0, 0.1) is 17.8 Å². The van der Waals surface area contributed by atoms with Crippen molar-refractivity contribution in [1.29, 1.82) is 0 Å². The first-order chi connectivity index (χ1) is 9.90. The van der Waals surface area contributed by atoms with E-state index in [1.807, 2.05) is 0 Å². The Labute approximate surface area is 128 Å². The van der Waals surface area contributed by atoms with Crippen molar-refractivity contribution in [3.8, 4) is 0 Å². The summed E-state index contributed by atoms with van der Waals surface area (Å²) in [5, 5.41) is 0. The summed E-state index contributed by atoms with van der Waals surface area (Å²) in [4.78, 5) is 0. The fraction of sp³-hybridized carbons (Fsp3) is 1.00. The Morgan fingerprint density at radius 1 is 0.750 bits per heavy atom. The molecule has 2 rings (SSSR count). The molecule has 0 bridgehead atoms. The van der Waals surface area contributed by atoms with Crippen molar-refractivity contribution in [3.63, 3.8) is 0 Å². The lowest BCUT2D eigenvalue weighted by Crippen LogP contribution is -2.22. The van der Waals surface area contributed by atoms with Crippen molar-refractivity contribution in [3.05, 3.63) is 0 Å². The molecule has 2 fully saturated rings. The van der Waals surface area contributed by atoms with Crippen molar-refractivity contribution in [2.45, 2.75) is 110 Å². The van der Waals surface area contributed by atoms with Crippen LogP contribution in [0.1, 0.15) is 110 Å². The molecule has 0 heterocycles. The maximum atomic E-state index is 2.33. The average Bonchev–Trinajstić information content (AvgIpc) is 2.52. The first kappa shape index (κ1) is 16.4. The van der Waals surface area contributed by atoms with Crippen molar-refractivity contribution in [2.75, 3.05) is 0 Å². The van der Waals surface area contributed by atoms with E-state index in [0.717, 1.165) is 17.8 Å². The highest BCUT2D eigenvalue weighted by atomic mass is 14.3. The Balaban J connectivity index is 1.77. The third-order valence-corrected chi connectivity index (χ3v) is 6.11. The molecule has 0 heteroatoms. The number of hydrogen-bond acceptors (Lipinski definition) is 0. The van der Waals surface area contributed by atoms with Crippen LogP contribution in [0.5, 0.6) is 0 Å². The van der Waals surface area contributed by atoms with Gasteiger partial charge in [0.1, 0.15) is 0 Å². The van der Waals surface area contributed by atoms with Gasteiger partial charge in [-0.2, -0.15) is 0 Å². The quantitative estimate of drug-likeness (QED) is 0.414. The van der Waals surface area contributed by atoms with Crippen molar-refractivity contribution in [2.24, 2.45) is 17.8 Å². The molecule has 2 aliphatic carbocycles. The van der Waals surface area contributed by atoms with Crippen LogP contribution in [-0.2, 0) is 0 Å². The summed E-state index contributed by atoms with van der Waals surface area (Å²) in [7, 11) is 0. The average molecular weight is 279 g/mol. The molecule has 0 amide bonds. The Morgan fingerprint density at radius 3 is 2.05 bits per heavy atom. The van der Waals surface area contributed by atoms with Gasteiger partial charge >= 0.3 is 0 Å². The largest absolute Gasteiger partial charge is 0.0654 e. The lowest BCUT2D eigenvalue weighted by atomic mass is 9.72. The van der Waals surface area contributed by atoms with E-state index in [2.05, 4.69) is 6.92 Å². The molecule has 0 aromatic carbocycles. The molecule has 2 aliphatic rings. The van der Waals surface area contributed by atoms with Crippen molar-refractivity contribution in [1.82, 2.24) is 0 Å². The topological polar surface area (TPSA) is 0 Å². The smallest absolute Gasteiger partial charge is 0.0383 e. The van der Waals surface area contributed by atoms with Gasteiger partial charge in [0, 0.05) is 0 Å². The van der Waals surface area contributed by atoms with Crippen LogP contribution in [0.4, 0.5) is 0 Å². The molecule has 0 N–H and O–H groups in total. The van der Waals surface area contributed by atoms with Crippen LogP contribution in [0.25, 0.3) is 0 Å². The molecule has 0 aromatic heterocycles. The summed E-state index contributed by atoms with van der Waals surface area (Å²) >= 11 is 0. The Hall–Kier alpha value is 0. The van der Waals surface area contributed by atoms with Gasteiger partial charge in [0.2, 0.25) is 0 Å². The highest BCUT2D eigenvalue weighted by molar-refractivity contribution is 4.78. The van der Waals surface area contributed by atoms with E-state index in [0.29, 0.717) is 0 Å². The van der Waals surface area contributed by atoms with Gasteiger partial charge in [-0.05, 0) is 24.2 Å². The second-order valence-corrected chi connectivity index (χ2v) is 7.75. The Morgan fingerprint density at radius 2 is 1.40 bits per heavy atom. The minimum atomic E-state index is 1.09. The van der Waals surface area contributed by atoms with Gasteiger partial charge in [0.25, 0.3) is 0 Å². The van der Waals surface area contributed by atoms with Crippen LogP contribution < -0.4 is 0 Å². The van der Waals surface area contributed by atoms with Gasteiger partial charge in [0.05, 0.1) is 0 Å². The van der Waals surface area contributed by atoms with Crippen LogP contribution in [-0.4, -0.2) is 0 Å². The first-order valence-electron chi connectivity index (χ1n) is 9.90. The van der Waals surface area contributed by atoms with E-state index in [4.69, 9.17) is 0 Å². The molecule has 1 atom stereocenters. The van der Waals surface area contributed by atoms with E-state index in [9.17, 15) is 0 Å². The van der Waals surface area contributed by atoms with E-state index in [-0.39, 0.29) is 0 Å². The maximum Gasteiger partial charge on any atom is -0.0383 e. The lowest BCUT2D eigenvalue weighted by Gasteiger charge is -2.34. The third kappa shape index (κ3) is 5.78. The molecule has 0 aromatic rings. The molecule has 0 saturated heterocycles. The lowest BCUT2D eigenvalue weighted by molar-refractivity contribution is 0.177. The van der Waals surface area contributed by atoms with E-state index in [1.165, 1.54) is 64.2 Å². The predicted octanol–water partition coefficient (Wildman–Crippen LogP) is 7.12. The van der Waals surface area contributed by atoms with Gasteiger partial charge in [0.15, 0.2) is 0 Å².